The van der Waals surface area contributed by atoms with Crippen LogP contribution in [0.1, 0.15) is 27.6 Å². The smallest absolute Gasteiger partial charge is 0.342 e. The molecule has 1 N–H and O–H groups in total. The number of aldehydes is 1. The van der Waals surface area contributed by atoms with Crippen molar-refractivity contribution < 1.29 is 24.2 Å². The Kier molecular flexibility index (Phi) is 3.88. The van der Waals surface area contributed by atoms with Crippen LogP contribution in [0.5, 0.6) is 11.5 Å². The van der Waals surface area contributed by atoms with Crippen LogP contribution in [0.3, 0.4) is 0 Å². The maximum atomic E-state index is 11.4. The first-order valence-corrected chi connectivity index (χ1v) is 4.67. The van der Waals surface area contributed by atoms with Crippen molar-refractivity contribution in [3.8, 4) is 11.5 Å². The van der Waals surface area contributed by atoms with Gasteiger partial charge in [0.25, 0.3) is 0 Å². The zero-order valence-corrected chi connectivity index (χ0v) is 9.02. The molecule has 0 bridgehead atoms. The fraction of sp³-hybridized carbons (Fsp3) is 0.273. The molecule has 16 heavy (non-hydrogen) atoms. The number of carbonyl (C=O) groups is 2. The van der Waals surface area contributed by atoms with E-state index in [0.717, 1.165) is 0 Å². The molecule has 0 unspecified atom stereocenters. The van der Waals surface area contributed by atoms with Crippen molar-refractivity contribution >= 4 is 12.3 Å². The highest BCUT2D eigenvalue weighted by atomic mass is 16.5. The van der Waals surface area contributed by atoms with E-state index < -0.39 is 5.97 Å². The lowest BCUT2D eigenvalue weighted by Gasteiger charge is -2.09. The molecular formula is C11H12O5. The molecule has 0 spiro atoms. The lowest BCUT2D eigenvalue weighted by Crippen LogP contribution is -2.06. The summed E-state index contributed by atoms with van der Waals surface area (Å²) in [7, 11) is 1.33. The number of carbonyl (C=O) groups excluding carboxylic acids is 2. The molecule has 0 amide bonds. The molecular weight excluding hydrogens is 212 g/mol. The Bertz CT molecular complexity index is 411. The minimum Gasteiger partial charge on any atom is -0.504 e. The molecule has 1 aromatic carbocycles. The van der Waals surface area contributed by atoms with Gasteiger partial charge in [0.15, 0.2) is 11.5 Å². The van der Waals surface area contributed by atoms with E-state index in [1.165, 1.54) is 19.2 Å². The number of phenols is 1. The van der Waals surface area contributed by atoms with Gasteiger partial charge in [0.1, 0.15) is 11.8 Å². The first-order chi connectivity index (χ1) is 7.63. The van der Waals surface area contributed by atoms with Gasteiger partial charge in [0.05, 0.1) is 13.7 Å². The number of esters is 1. The van der Waals surface area contributed by atoms with Crippen LogP contribution >= 0.6 is 0 Å². The lowest BCUT2D eigenvalue weighted by atomic mass is 10.1. The molecule has 5 heteroatoms. The van der Waals surface area contributed by atoms with Crippen molar-refractivity contribution in [2.24, 2.45) is 0 Å². The third kappa shape index (κ3) is 2.31. The van der Waals surface area contributed by atoms with Crippen LogP contribution in [0.2, 0.25) is 0 Å². The molecule has 1 rings (SSSR count). The van der Waals surface area contributed by atoms with Crippen LogP contribution in [0, 0.1) is 0 Å². The van der Waals surface area contributed by atoms with Gasteiger partial charge in [0, 0.05) is 5.56 Å². The number of ether oxygens (including phenoxy) is 2. The fourth-order valence-corrected chi connectivity index (χ4v) is 1.22. The van der Waals surface area contributed by atoms with E-state index in [9.17, 15) is 14.7 Å². The molecule has 0 aliphatic carbocycles. The van der Waals surface area contributed by atoms with Crippen molar-refractivity contribution in [1.82, 2.24) is 0 Å². The summed E-state index contributed by atoms with van der Waals surface area (Å²) in [5, 5.41) is 9.66. The summed E-state index contributed by atoms with van der Waals surface area (Å²) in [6.07, 6.45) is 0.560. The van der Waals surface area contributed by atoms with Crippen molar-refractivity contribution in [3.05, 3.63) is 23.3 Å². The molecule has 1 aromatic rings. The Morgan fingerprint density at radius 2 is 2.19 bits per heavy atom. The quantitative estimate of drug-likeness (QED) is 0.618. The second-order valence-corrected chi connectivity index (χ2v) is 2.96. The minimum atomic E-state index is -0.693. The van der Waals surface area contributed by atoms with Crippen LogP contribution in [-0.2, 0) is 4.74 Å². The summed E-state index contributed by atoms with van der Waals surface area (Å²) >= 11 is 0. The number of hydrogen-bond donors (Lipinski definition) is 1. The maximum Gasteiger partial charge on any atom is 0.342 e. The van der Waals surface area contributed by atoms with Gasteiger partial charge in [-0.2, -0.15) is 0 Å². The number of phenolic OH excluding ortho intramolecular Hbond substituents is 1. The highest BCUT2D eigenvalue weighted by Crippen LogP contribution is 2.31. The first-order valence-electron chi connectivity index (χ1n) is 4.67. The lowest BCUT2D eigenvalue weighted by molar-refractivity contribution is 0.0522. The fourth-order valence-electron chi connectivity index (χ4n) is 1.22. The van der Waals surface area contributed by atoms with Gasteiger partial charge in [0.2, 0.25) is 0 Å². The summed E-state index contributed by atoms with van der Waals surface area (Å²) in [6, 6.07) is 2.59. The van der Waals surface area contributed by atoms with Gasteiger partial charge in [-0.05, 0) is 19.1 Å². The largest absolute Gasteiger partial charge is 0.504 e. The molecule has 0 saturated heterocycles. The molecule has 0 aliphatic rings. The van der Waals surface area contributed by atoms with Gasteiger partial charge in [-0.1, -0.05) is 0 Å². The minimum absolute atomic E-state index is 0.0626. The Labute approximate surface area is 92.6 Å². The van der Waals surface area contributed by atoms with E-state index >= 15 is 0 Å². The average molecular weight is 224 g/mol. The van der Waals surface area contributed by atoms with Gasteiger partial charge in [-0.3, -0.25) is 4.79 Å². The Hall–Kier alpha value is -2.04. The highest BCUT2D eigenvalue weighted by molar-refractivity contribution is 5.95. The molecule has 86 valence electrons. The van der Waals surface area contributed by atoms with E-state index in [1.807, 2.05) is 0 Å². The molecule has 5 nitrogen and oxygen atoms in total. The maximum absolute atomic E-state index is 11.4. The number of hydrogen-bond acceptors (Lipinski definition) is 5. The van der Waals surface area contributed by atoms with Crippen LogP contribution in [0.25, 0.3) is 0 Å². The predicted molar refractivity (Wildman–Crippen MR) is 56.0 cm³/mol. The average Bonchev–Trinajstić information content (AvgIpc) is 2.29. The zero-order chi connectivity index (χ0) is 12.1. The summed E-state index contributed by atoms with van der Waals surface area (Å²) in [5.74, 6) is -0.957. The van der Waals surface area contributed by atoms with Gasteiger partial charge < -0.3 is 14.6 Å². The molecule has 0 saturated carbocycles. The molecule has 0 radical (unpaired) electrons. The third-order valence-electron chi connectivity index (χ3n) is 1.95. The van der Waals surface area contributed by atoms with Crippen molar-refractivity contribution in [1.29, 1.82) is 0 Å². The Balaban J connectivity index is 3.25. The summed E-state index contributed by atoms with van der Waals surface area (Å²) in [4.78, 5) is 22.1. The van der Waals surface area contributed by atoms with E-state index in [4.69, 9.17) is 9.47 Å². The second kappa shape index (κ2) is 5.16. The number of benzene rings is 1. The first kappa shape index (κ1) is 12.0. The third-order valence-corrected chi connectivity index (χ3v) is 1.95. The van der Waals surface area contributed by atoms with Gasteiger partial charge in [-0.15, -0.1) is 0 Å². The van der Waals surface area contributed by atoms with Crippen molar-refractivity contribution in [3.63, 3.8) is 0 Å². The predicted octanol–water partition coefficient (Wildman–Crippen LogP) is 1.39. The summed E-state index contributed by atoms with van der Waals surface area (Å²) in [5.41, 5.74) is 0.154. The topological polar surface area (TPSA) is 72.8 Å². The number of aromatic hydroxyl groups is 1. The zero-order valence-electron chi connectivity index (χ0n) is 9.02. The molecule has 0 heterocycles. The Morgan fingerprint density at radius 1 is 1.50 bits per heavy atom. The standard InChI is InChI=1S/C11H12O5/c1-3-16-11(14)8-4-7(6-12)5-9(15-2)10(8)13/h4-6,13H,3H2,1-2H3. The molecule has 0 aromatic heterocycles. The van der Waals surface area contributed by atoms with E-state index in [2.05, 4.69) is 0 Å². The Morgan fingerprint density at radius 3 is 2.69 bits per heavy atom. The van der Waals surface area contributed by atoms with Crippen LogP contribution in [0.4, 0.5) is 0 Å². The molecule has 0 fully saturated rings. The number of rotatable bonds is 4. The van der Waals surface area contributed by atoms with Gasteiger partial charge >= 0.3 is 5.97 Å². The molecule has 0 aliphatic heterocycles. The normalized spacial score (nSPS) is 9.62. The van der Waals surface area contributed by atoms with E-state index in [0.29, 0.717) is 6.29 Å². The summed E-state index contributed by atoms with van der Waals surface area (Å²) in [6.45, 7) is 1.83. The number of methoxy groups -OCH3 is 1. The monoisotopic (exact) mass is 224 g/mol. The van der Waals surface area contributed by atoms with Crippen LogP contribution < -0.4 is 4.74 Å². The van der Waals surface area contributed by atoms with Crippen molar-refractivity contribution in [2.75, 3.05) is 13.7 Å². The van der Waals surface area contributed by atoms with E-state index in [1.54, 1.807) is 6.92 Å². The SMILES string of the molecule is CCOC(=O)c1cc(C=O)cc(OC)c1O. The summed E-state index contributed by atoms with van der Waals surface area (Å²) < 4.78 is 9.58. The van der Waals surface area contributed by atoms with Crippen molar-refractivity contribution in [2.45, 2.75) is 6.92 Å². The molecule has 0 atom stereocenters. The van der Waals surface area contributed by atoms with Crippen LogP contribution in [-0.4, -0.2) is 31.1 Å². The van der Waals surface area contributed by atoms with Crippen LogP contribution in [0.15, 0.2) is 12.1 Å². The highest BCUT2D eigenvalue weighted by Gasteiger charge is 2.17. The van der Waals surface area contributed by atoms with E-state index in [-0.39, 0.29) is 29.2 Å². The second-order valence-electron chi connectivity index (χ2n) is 2.96. The van der Waals surface area contributed by atoms with Gasteiger partial charge in [-0.25, -0.2) is 4.79 Å².